The highest BCUT2D eigenvalue weighted by atomic mass is 16.6. The van der Waals surface area contributed by atoms with Crippen LogP contribution in [0.4, 0.5) is 4.79 Å². The molecule has 0 aromatic heterocycles. The van der Waals surface area contributed by atoms with Gasteiger partial charge in [-0.15, -0.1) is 0 Å². The lowest BCUT2D eigenvalue weighted by atomic mass is 10.2. The highest BCUT2D eigenvalue weighted by Gasteiger charge is 2.35. The van der Waals surface area contributed by atoms with Crippen molar-refractivity contribution in [1.29, 1.82) is 0 Å². The summed E-state index contributed by atoms with van der Waals surface area (Å²) in [6.45, 7) is 1.35. The van der Waals surface area contributed by atoms with Crippen molar-refractivity contribution in [2.24, 2.45) is 0 Å². The van der Waals surface area contributed by atoms with Crippen LogP contribution in [0.2, 0.25) is 0 Å². The number of carbonyl (C=O) groups excluding carboxylic acids is 1. The predicted octanol–water partition coefficient (Wildman–Crippen LogP) is 1.32. The number of β-amino-alcohol motifs (C(OH)–C–C–N with tert-alkyl or cyclic N) is 1. The number of amides is 1. The topological polar surface area (TPSA) is 53.0 Å². The molecule has 1 saturated heterocycles. The van der Waals surface area contributed by atoms with Crippen molar-refractivity contribution in [3.63, 3.8) is 0 Å². The number of ether oxygens (including phenoxy) is 1. The molecule has 110 valence electrons. The van der Waals surface area contributed by atoms with E-state index < -0.39 is 6.10 Å². The van der Waals surface area contributed by atoms with Gasteiger partial charge in [-0.05, 0) is 26.1 Å². The summed E-state index contributed by atoms with van der Waals surface area (Å²) in [7, 11) is 3.91. The smallest absolute Gasteiger partial charge is 0.410 e. The van der Waals surface area contributed by atoms with Crippen molar-refractivity contribution < 1.29 is 14.6 Å². The Morgan fingerprint density at radius 2 is 2.10 bits per heavy atom. The number of rotatable bonds is 4. The summed E-state index contributed by atoms with van der Waals surface area (Å²) < 4.78 is 5.33. The average Bonchev–Trinajstić information content (AvgIpc) is 2.77. The molecule has 1 aromatic carbocycles. The number of hydrogen-bond donors (Lipinski definition) is 1. The van der Waals surface area contributed by atoms with E-state index in [2.05, 4.69) is 0 Å². The maximum atomic E-state index is 12.1. The van der Waals surface area contributed by atoms with Gasteiger partial charge in [0, 0.05) is 6.54 Å². The maximum absolute atomic E-state index is 12.1. The zero-order valence-corrected chi connectivity index (χ0v) is 12.0. The number of benzene rings is 1. The minimum Gasteiger partial charge on any atom is -0.445 e. The lowest BCUT2D eigenvalue weighted by Gasteiger charge is -2.26. The second-order valence-electron chi connectivity index (χ2n) is 5.50. The van der Waals surface area contributed by atoms with E-state index in [-0.39, 0.29) is 18.7 Å². The van der Waals surface area contributed by atoms with Crippen molar-refractivity contribution in [2.75, 3.05) is 27.2 Å². The van der Waals surface area contributed by atoms with Crippen molar-refractivity contribution in [3.8, 4) is 0 Å². The summed E-state index contributed by atoms with van der Waals surface area (Å²) in [5, 5.41) is 9.75. The molecule has 1 fully saturated rings. The number of nitrogens with zero attached hydrogens (tertiary/aromatic N) is 2. The molecule has 0 spiro atoms. The van der Waals surface area contributed by atoms with Crippen LogP contribution in [0, 0.1) is 0 Å². The molecule has 1 aromatic rings. The first-order valence-corrected chi connectivity index (χ1v) is 6.86. The third-order valence-electron chi connectivity index (χ3n) is 3.41. The lowest BCUT2D eigenvalue weighted by Crippen LogP contribution is -2.41. The molecule has 0 aliphatic carbocycles. The van der Waals surface area contributed by atoms with Crippen molar-refractivity contribution in [1.82, 2.24) is 9.80 Å². The van der Waals surface area contributed by atoms with Gasteiger partial charge in [-0.3, -0.25) is 0 Å². The van der Waals surface area contributed by atoms with Crippen molar-refractivity contribution in [2.45, 2.75) is 25.2 Å². The minimum absolute atomic E-state index is 0.0169. The standard InChI is InChI=1S/C15H22N2O3/c1-16(2)9-13-8-14(18)10-17(13)15(19)20-11-12-6-4-3-5-7-12/h3-7,13-14,18H,8-11H2,1-2H3/t13-,14-/m1/s1. The van der Waals surface area contributed by atoms with Gasteiger partial charge in [-0.25, -0.2) is 4.79 Å². The van der Waals surface area contributed by atoms with Gasteiger partial charge < -0.3 is 19.6 Å². The van der Waals surface area contributed by atoms with E-state index in [4.69, 9.17) is 4.74 Å². The largest absolute Gasteiger partial charge is 0.445 e. The summed E-state index contributed by atoms with van der Waals surface area (Å²) in [6.07, 6.45) is -0.194. The Bertz CT molecular complexity index is 436. The fourth-order valence-corrected chi connectivity index (χ4v) is 2.51. The zero-order chi connectivity index (χ0) is 14.5. The minimum atomic E-state index is -0.454. The molecule has 1 N–H and O–H groups in total. The van der Waals surface area contributed by atoms with Crippen LogP contribution in [-0.4, -0.2) is 60.3 Å². The van der Waals surface area contributed by atoms with Crippen LogP contribution in [0.25, 0.3) is 0 Å². The fourth-order valence-electron chi connectivity index (χ4n) is 2.51. The highest BCUT2D eigenvalue weighted by molar-refractivity contribution is 5.68. The number of likely N-dealkylation sites (tertiary alicyclic amines) is 1. The van der Waals surface area contributed by atoms with E-state index in [0.717, 1.165) is 12.1 Å². The van der Waals surface area contributed by atoms with Gasteiger partial charge in [0.1, 0.15) is 6.61 Å². The quantitative estimate of drug-likeness (QED) is 0.902. The normalized spacial score (nSPS) is 22.3. The molecule has 2 rings (SSSR count). The number of aliphatic hydroxyl groups excluding tert-OH is 1. The molecule has 5 nitrogen and oxygen atoms in total. The van der Waals surface area contributed by atoms with Crippen LogP contribution < -0.4 is 0 Å². The first-order chi connectivity index (χ1) is 9.56. The van der Waals surface area contributed by atoms with E-state index in [1.165, 1.54) is 0 Å². The van der Waals surface area contributed by atoms with E-state index in [1.807, 2.05) is 49.3 Å². The van der Waals surface area contributed by atoms with Crippen LogP contribution in [0.5, 0.6) is 0 Å². The van der Waals surface area contributed by atoms with Gasteiger partial charge in [0.05, 0.1) is 18.7 Å². The molecule has 0 bridgehead atoms. The summed E-state index contributed by atoms with van der Waals surface area (Å²) in [6, 6.07) is 9.61. The van der Waals surface area contributed by atoms with Crippen LogP contribution in [0.3, 0.4) is 0 Å². The van der Waals surface area contributed by atoms with Gasteiger partial charge in [-0.2, -0.15) is 0 Å². The Kier molecular flexibility index (Phi) is 4.98. The molecular formula is C15H22N2O3. The van der Waals surface area contributed by atoms with E-state index in [9.17, 15) is 9.90 Å². The molecule has 0 saturated carbocycles. The Hall–Kier alpha value is -1.59. The number of carbonyl (C=O) groups is 1. The molecular weight excluding hydrogens is 256 g/mol. The van der Waals surface area contributed by atoms with Crippen LogP contribution in [0.1, 0.15) is 12.0 Å². The van der Waals surface area contributed by atoms with Gasteiger partial charge >= 0.3 is 6.09 Å². The third kappa shape index (κ3) is 3.95. The SMILES string of the molecule is CN(C)C[C@H]1C[C@@H](O)CN1C(=O)OCc1ccccc1. The van der Waals surface area contributed by atoms with Gasteiger partial charge in [-0.1, -0.05) is 30.3 Å². The van der Waals surface area contributed by atoms with Crippen LogP contribution in [0.15, 0.2) is 30.3 Å². The Morgan fingerprint density at radius 3 is 2.75 bits per heavy atom. The monoisotopic (exact) mass is 278 g/mol. The summed E-state index contributed by atoms with van der Waals surface area (Å²) in [4.78, 5) is 15.8. The van der Waals surface area contributed by atoms with Crippen LogP contribution >= 0.6 is 0 Å². The van der Waals surface area contributed by atoms with Gasteiger partial charge in [0.25, 0.3) is 0 Å². The molecule has 0 unspecified atom stereocenters. The van der Waals surface area contributed by atoms with Crippen LogP contribution in [-0.2, 0) is 11.3 Å². The Morgan fingerprint density at radius 1 is 1.40 bits per heavy atom. The van der Waals surface area contributed by atoms with E-state index >= 15 is 0 Å². The van der Waals surface area contributed by atoms with Crippen molar-refractivity contribution >= 4 is 6.09 Å². The maximum Gasteiger partial charge on any atom is 0.410 e. The Labute approximate surface area is 119 Å². The second kappa shape index (κ2) is 6.72. The Balaban J connectivity index is 1.90. The van der Waals surface area contributed by atoms with E-state index in [1.54, 1.807) is 4.90 Å². The van der Waals surface area contributed by atoms with Crippen molar-refractivity contribution in [3.05, 3.63) is 35.9 Å². The van der Waals surface area contributed by atoms with Gasteiger partial charge in [0.2, 0.25) is 0 Å². The van der Waals surface area contributed by atoms with Gasteiger partial charge in [0.15, 0.2) is 0 Å². The summed E-state index contributed by atoms with van der Waals surface area (Å²) >= 11 is 0. The second-order valence-corrected chi connectivity index (χ2v) is 5.50. The first-order valence-electron chi connectivity index (χ1n) is 6.86. The fraction of sp³-hybridized carbons (Fsp3) is 0.533. The molecule has 1 heterocycles. The molecule has 1 aliphatic heterocycles. The van der Waals surface area contributed by atoms with E-state index in [0.29, 0.717) is 13.0 Å². The zero-order valence-electron chi connectivity index (χ0n) is 12.0. The molecule has 5 heteroatoms. The lowest BCUT2D eigenvalue weighted by molar-refractivity contribution is 0.0841. The molecule has 0 radical (unpaired) electrons. The third-order valence-corrected chi connectivity index (χ3v) is 3.41. The molecule has 2 atom stereocenters. The molecule has 1 aliphatic rings. The average molecular weight is 278 g/mol. The summed E-state index contributed by atoms with van der Waals surface area (Å²) in [5.41, 5.74) is 0.963. The number of hydrogen-bond acceptors (Lipinski definition) is 4. The summed E-state index contributed by atoms with van der Waals surface area (Å²) in [5.74, 6) is 0. The molecule has 1 amide bonds. The number of aliphatic hydroxyl groups is 1. The molecule has 20 heavy (non-hydrogen) atoms. The number of likely N-dealkylation sites (N-methyl/N-ethyl adjacent to an activating group) is 1. The first kappa shape index (κ1) is 14.8. The predicted molar refractivity (Wildman–Crippen MR) is 76.3 cm³/mol. The highest BCUT2D eigenvalue weighted by Crippen LogP contribution is 2.20.